The van der Waals surface area contributed by atoms with Crippen LogP contribution in [0.1, 0.15) is 20.3 Å². The molecule has 2 rings (SSSR count). The summed E-state index contributed by atoms with van der Waals surface area (Å²) >= 11 is 2.92. The van der Waals surface area contributed by atoms with Crippen molar-refractivity contribution < 1.29 is 5.11 Å². The van der Waals surface area contributed by atoms with Gasteiger partial charge in [-0.1, -0.05) is 11.8 Å². The highest BCUT2D eigenvalue weighted by Gasteiger charge is 2.14. The molecule has 0 spiro atoms. The molecule has 0 fully saturated rings. The van der Waals surface area contributed by atoms with Gasteiger partial charge in [-0.2, -0.15) is 0 Å². The summed E-state index contributed by atoms with van der Waals surface area (Å²) in [6, 6.07) is 1.86. The van der Waals surface area contributed by atoms with Gasteiger partial charge in [-0.25, -0.2) is 4.98 Å². The Bertz CT molecular complexity index is 611. The second-order valence-corrected chi connectivity index (χ2v) is 6.78. The van der Waals surface area contributed by atoms with Crippen LogP contribution in [0.4, 0.5) is 0 Å². The molecule has 6 heteroatoms. The highest BCUT2D eigenvalue weighted by atomic mass is 32.2. The Morgan fingerprint density at radius 3 is 2.94 bits per heavy atom. The lowest BCUT2D eigenvalue weighted by Gasteiger charge is -2.16. The van der Waals surface area contributed by atoms with Gasteiger partial charge in [0.2, 0.25) is 0 Å². The Morgan fingerprint density at radius 1 is 1.56 bits per heavy atom. The predicted molar refractivity (Wildman–Crippen MR) is 76.5 cm³/mol. The van der Waals surface area contributed by atoms with Gasteiger partial charge >= 0.3 is 0 Å². The number of hydrogen-bond donors (Lipinski definition) is 1. The minimum absolute atomic E-state index is 0.000702. The van der Waals surface area contributed by atoms with E-state index < -0.39 is 5.60 Å². The highest BCUT2D eigenvalue weighted by molar-refractivity contribution is 7.99. The molecule has 0 amide bonds. The zero-order valence-electron chi connectivity index (χ0n) is 10.6. The highest BCUT2D eigenvalue weighted by Crippen LogP contribution is 2.22. The van der Waals surface area contributed by atoms with E-state index in [2.05, 4.69) is 4.98 Å². The number of thiophene rings is 1. The van der Waals surface area contributed by atoms with Crippen LogP contribution in [0, 0.1) is 0 Å². The van der Waals surface area contributed by atoms with E-state index >= 15 is 0 Å². The van der Waals surface area contributed by atoms with Crippen molar-refractivity contribution in [3.05, 3.63) is 21.8 Å². The van der Waals surface area contributed by atoms with Crippen molar-refractivity contribution in [1.82, 2.24) is 9.55 Å². The molecule has 0 aromatic carbocycles. The summed E-state index contributed by atoms with van der Waals surface area (Å²) in [4.78, 5) is 16.5. The van der Waals surface area contributed by atoms with Gasteiger partial charge in [0.1, 0.15) is 4.70 Å². The summed E-state index contributed by atoms with van der Waals surface area (Å²) in [5.74, 6) is 0.736. The first-order valence-corrected chi connectivity index (χ1v) is 7.54. The van der Waals surface area contributed by atoms with Gasteiger partial charge in [0, 0.05) is 12.8 Å². The van der Waals surface area contributed by atoms with Crippen LogP contribution in [0.5, 0.6) is 0 Å². The largest absolute Gasteiger partial charge is 0.390 e. The van der Waals surface area contributed by atoms with E-state index in [-0.39, 0.29) is 5.56 Å². The molecule has 0 aliphatic rings. The van der Waals surface area contributed by atoms with Crippen LogP contribution >= 0.6 is 23.1 Å². The van der Waals surface area contributed by atoms with Crippen LogP contribution in [-0.4, -0.2) is 26.0 Å². The molecule has 0 saturated carbocycles. The average Bonchev–Trinajstić information content (AvgIpc) is 2.71. The molecule has 0 saturated heterocycles. The van der Waals surface area contributed by atoms with Crippen LogP contribution < -0.4 is 5.56 Å². The molecule has 0 bridgehead atoms. The molecule has 0 aliphatic heterocycles. The van der Waals surface area contributed by atoms with Gasteiger partial charge in [0.25, 0.3) is 5.56 Å². The number of fused-ring (bicyclic) bond motifs is 1. The molecule has 2 heterocycles. The van der Waals surface area contributed by atoms with Crippen LogP contribution in [0.3, 0.4) is 0 Å². The van der Waals surface area contributed by atoms with Crippen molar-refractivity contribution in [1.29, 1.82) is 0 Å². The fourth-order valence-electron chi connectivity index (χ4n) is 1.49. The van der Waals surface area contributed by atoms with Gasteiger partial charge in [-0.3, -0.25) is 9.36 Å². The van der Waals surface area contributed by atoms with Crippen molar-refractivity contribution in [3.8, 4) is 0 Å². The normalized spacial score (nSPS) is 12.2. The SMILES string of the molecule is Cn1c(SCCC(C)(C)O)nc2ccsc2c1=O. The summed E-state index contributed by atoms with van der Waals surface area (Å²) < 4.78 is 2.28. The summed E-state index contributed by atoms with van der Waals surface area (Å²) in [7, 11) is 1.74. The van der Waals surface area contributed by atoms with Gasteiger partial charge in [-0.15, -0.1) is 11.3 Å². The maximum Gasteiger partial charge on any atom is 0.271 e. The van der Waals surface area contributed by atoms with Crippen molar-refractivity contribution in [2.75, 3.05) is 5.75 Å². The van der Waals surface area contributed by atoms with E-state index in [1.807, 2.05) is 11.4 Å². The zero-order chi connectivity index (χ0) is 13.3. The van der Waals surface area contributed by atoms with Crippen molar-refractivity contribution in [2.45, 2.75) is 31.0 Å². The Morgan fingerprint density at radius 2 is 2.28 bits per heavy atom. The van der Waals surface area contributed by atoms with E-state index in [0.29, 0.717) is 16.3 Å². The minimum Gasteiger partial charge on any atom is -0.390 e. The van der Waals surface area contributed by atoms with Gasteiger partial charge in [-0.05, 0) is 31.7 Å². The molecule has 0 unspecified atom stereocenters. The summed E-state index contributed by atoms with van der Waals surface area (Å²) in [5.41, 5.74) is 0.0767. The van der Waals surface area contributed by atoms with Crippen molar-refractivity contribution in [3.63, 3.8) is 0 Å². The third kappa shape index (κ3) is 2.93. The quantitative estimate of drug-likeness (QED) is 0.691. The summed E-state index contributed by atoms with van der Waals surface area (Å²) in [6.07, 6.45) is 0.662. The number of hydrogen-bond acceptors (Lipinski definition) is 5. The lowest BCUT2D eigenvalue weighted by atomic mass is 10.1. The van der Waals surface area contributed by atoms with E-state index in [4.69, 9.17) is 0 Å². The third-order valence-corrected chi connectivity index (χ3v) is 4.51. The first kappa shape index (κ1) is 13.6. The smallest absolute Gasteiger partial charge is 0.271 e. The van der Waals surface area contributed by atoms with Crippen molar-refractivity contribution >= 4 is 33.3 Å². The van der Waals surface area contributed by atoms with Crippen LogP contribution in [-0.2, 0) is 7.05 Å². The van der Waals surface area contributed by atoms with Crippen LogP contribution in [0.2, 0.25) is 0 Å². The second kappa shape index (κ2) is 5.03. The van der Waals surface area contributed by atoms with Crippen molar-refractivity contribution in [2.24, 2.45) is 7.05 Å². The monoisotopic (exact) mass is 284 g/mol. The van der Waals surface area contributed by atoms with E-state index in [0.717, 1.165) is 11.3 Å². The first-order chi connectivity index (χ1) is 8.38. The molecule has 0 atom stereocenters. The van der Waals surface area contributed by atoms with Crippen LogP contribution in [0.25, 0.3) is 10.2 Å². The van der Waals surface area contributed by atoms with E-state index in [9.17, 15) is 9.90 Å². The number of thioether (sulfide) groups is 1. The molecule has 18 heavy (non-hydrogen) atoms. The number of aliphatic hydroxyl groups is 1. The molecular formula is C12H16N2O2S2. The molecular weight excluding hydrogens is 268 g/mol. The fraction of sp³-hybridized carbons (Fsp3) is 0.500. The van der Waals surface area contributed by atoms with Gasteiger partial charge < -0.3 is 5.11 Å². The molecule has 0 aliphatic carbocycles. The second-order valence-electron chi connectivity index (χ2n) is 4.80. The lowest BCUT2D eigenvalue weighted by molar-refractivity contribution is 0.0777. The summed E-state index contributed by atoms with van der Waals surface area (Å²) in [5, 5.41) is 12.2. The predicted octanol–water partition coefficient (Wildman–Crippen LogP) is 2.25. The van der Waals surface area contributed by atoms with E-state index in [1.165, 1.54) is 23.1 Å². The zero-order valence-corrected chi connectivity index (χ0v) is 12.3. The number of aromatic nitrogens is 2. The number of rotatable bonds is 4. The third-order valence-electron chi connectivity index (χ3n) is 2.59. The fourth-order valence-corrected chi connectivity index (χ4v) is 3.52. The Labute approximate surface area is 114 Å². The molecule has 1 N–H and O–H groups in total. The Hall–Kier alpha value is -0.850. The maximum absolute atomic E-state index is 12.0. The molecule has 2 aromatic heterocycles. The minimum atomic E-state index is -0.682. The molecule has 0 radical (unpaired) electrons. The Balaban J connectivity index is 2.23. The lowest BCUT2D eigenvalue weighted by Crippen LogP contribution is -2.21. The van der Waals surface area contributed by atoms with Gasteiger partial charge in [0.15, 0.2) is 5.16 Å². The average molecular weight is 284 g/mol. The topological polar surface area (TPSA) is 55.1 Å². The molecule has 98 valence electrons. The number of nitrogens with zero attached hydrogens (tertiary/aromatic N) is 2. The standard InChI is InChI=1S/C12H16N2O2S2/c1-12(2,16)5-7-18-11-13-8-4-6-17-9(8)10(15)14(11)3/h4,6,16H,5,7H2,1-3H3. The molecule has 4 nitrogen and oxygen atoms in total. The van der Waals surface area contributed by atoms with Gasteiger partial charge in [0.05, 0.1) is 11.1 Å². The summed E-state index contributed by atoms with van der Waals surface area (Å²) in [6.45, 7) is 3.56. The Kier molecular flexibility index (Phi) is 3.79. The first-order valence-electron chi connectivity index (χ1n) is 5.68. The van der Waals surface area contributed by atoms with E-state index in [1.54, 1.807) is 25.5 Å². The molecule has 2 aromatic rings. The van der Waals surface area contributed by atoms with Crippen LogP contribution in [0.15, 0.2) is 21.4 Å². The maximum atomic E-state index is 12.0.